The molecule has 2 aliphatic carbocycles. The number of nitrogens with zero attached hydrogens (tertiary/aromatic N) is 2. The van der Waals surface area contributed by atoms with Gasteiger partial charge in [0.2, 0.25) is 0 Å². The van der Waals surface area contributed by atoms with Crippen molar-refractivity contribution in [3.05, 3.63) is 22.9 Å². The Morgan fingerprint density at radius 3 is 2.69 bits per heavy atom. The molecule has 0 bridgehead atoms. The smallest absolute Gasteiger partial charge is 0.315 e. The Hall–Kier alpha value is -1.03. The Balaban J connectivity index is 1.75. The summed E-state index contributed by atoms with van der Waals surface area (Å²) in [6.45, 7) is 0.819. The maximum absolute atomic E-state index is 12.0. The van der Waals surface area contributed by atoms with Gasteiger partial charge in [0.1, 0.15) is 0 Å². The van der Waals surface area contributed by atoms with Crippen LogP contribution in [0.1, 0.15) is 31.7 Å². The molecule has 3 rings (SSSR count). The number of hydrogen-bond acceptors (Lipinski definition) is 2. The first kappa shape index (κ1) is 10.1. The molecule has 1 aromatic rings. The molecule has 0 radical (unpaired) electrons. The zero-order valence-electron chi connectivity index (χ0n) is 9.72. The van der Waals surface area contributed by atoms with E-state index in [9.17, 15) is 4.79 Å². The normalized spacial score (nSPS) is 22.3. The van der Waals surface area contributed by atoms with E-state index >= 15 is 0 Å². The number of nitrogens with one attached hydrogen (secondary N) is 1. The van der Waals surface area contributed by atoms with Crippen molar-refractivity contribution in [2.45, 2.75) is 44.3 Å². The molecule has 2 fully saturated rings. The van der Waals surface area contributed by atoms with Crippen molar-refractivity contribution in [2.75, 3.05) is 7.05 Å². The molecule has 2 saturated carbocycles. The number of hydrogen-bond donors (Lipinski definition) is 1. The van der Waals surface area contributed by atoms with Crippen LogP contribution in [0.3, 0.4) is 0 Å². The number of rotatable bonds is 5. The van der Waals surface area contributed by atoms with E-state index in [0.717, 1.165) is 12.5 Å². The minimum Gasteiger partial charge on any atom is -0.315 e. The Labute approximate surface area is 95.3 Å². The van der Waals surface area contributed by atoms with Gasteiger partial charge >= 0.3 is 5.69 Å². The van der Waals surface area contributed by atoms with Crippen molar-refractivity contribution in [2.24, 2.45) is 5.92 Å². The Morgan fingerprint density at radius 1 is 1.38 bits per heavy atom. The molecule has 0 amide bonds. The van der Waals surface area contributed by atoms with Crippen LogP contribution < -0.4 is 11.0 Å². The maximum Gasteiger partial charge on any atom is 0.328 e. The van der Waals surface area contributed by atoms with Crippen molar-refractivity contribution in [1.29, 1.82) is 0 Å². The third kappa shape index (κ3) is 1.82. The summed E-state index contributed by atoms with van der Waals surface area (Å²) in [5.41, 5.74) is 0.170. The Morgan fingerprint density at radius 2 is 2.12 bits per heavy atom. The molecular formula is C12H19N3O. The van der Waals surface area contributed by atoms with Crippen LogP contribution in [0.5, 0.6) is 0 Å². The SMILES string of the molecule is CNC(Cn1ccn(C2CC2)c1=O)C1CC1. The second-order valence-corrected chi connectivity index (χ2v) is 5.10. The summed E-state index contributed by atoms with van der Waals surface area (Å²) in [5.74, 6) is 0.779. The molecule has 0 spiro atoms. The van der Waals surface area contributed by atoms with Gasteiger partial charge in [-0.2, -0.15) is 0 Å². The quantitative estimate of drug-likeness (QED) is 0.805. The van der Waals surface area contributed by atoms with Crippen molar-refractivity contribution >= 4 is 0 Å². The number of imidazole rings is 1. The van der Waals surface area contributed by atoms with E-state index in [0.29, 0.717) is 12.1 Å². The van der Waals surface area contributed by atoms with E-state index in [1.807, 2.05) is 28.6 Å². The first-order valence-electron chi connectivity index (χ1n) is 6.24. The lowest BCUT2D eigenvalue weighted by molar-refractivity contribution is 0.426. The van der Waals surface area contributed by atoms with E-state index in [2.05, 4.69) is 5.32 Å². The maximum atomic E-state index is 12.0. The van der Waals surface area contributed by atoms with Crippen molar-refractivity contribution < 1.29 is 0 Å². The van der Waals surface area contributed by atoms with Gasteiger partial charge in [0.05, 0.1) is 0 Å². The van der Waals surface area contributed by atoms with Crippen LogP contribution in [0, 0.1) is 5.92 Å². The minimum atomic E-state index is 0.170. The van der Waals surface area contributed by atoms with Crippen LogP contribution in [-0.2, 0) is 6.54 Å². The highest BCUT2D eigenvalue weighted by atomic mass is 16.1. The average molecular weight is 221 g/mol. The second kappa shape index (κ2) is 3.77. The van der Waals surface area contributed by atoms with Gasteiger partial charge in [-0.05, 0) is 38.6 Å². The predicted molar refractivity (Wildman–Crippen MR) is 62.5 cm³/mol. The van der Waals surface area contributed by atoms with Gasteiger partial charge < -0.3 is 5.32 Å². The van der Waals surface area contributed by atoms with E-state index in [1.165, 1.54) is 25.7 Å². The molecule has 88 valence electrons. The first-order valence-corrected chi connectivity index (χ1v) is 6.24. The van der Waals surface area contributed by atoms with Crippen LogP contribution in [0.4, 0.5) is 0 Å². The lowest BCUT2D eigenvalue weighted by atomic mass is 10.2. The van der Waals surface area contributed by atoms with Gasteiger partial charge in [-0.3, -0.25) is 9.13 Å². The number of likely N-dealkylation sites (N-methyl/N-ethyl adjacent to an activating group) is 1. The fourth-order valence-corrected chi connectivity index (χ4v) is 2.38. The lowest BCUT2D eigenvalue weighted by Crippen LogP contribution is -2.36. The molecule has 1 atom stereocenters. The highest BCUT2D eigenvalue weighted by Crippen LogP contribution is 2.34. The third-order valence-electron chi connectivity index (χ3n) is 3.77. The topological polar surface area (TPSA) is 39.0 Å². The molecule has 0 aliphatic heterocycles. The Bertz CT molecular complexity index is 426. The van der Waals surface area contributed by atoms with Gasteiger partial charge in [0.25, 0.3) is 0 Å². The molecule has 0 saturated heterocycles. The van der Waals surface area contributed by atoms with E-state index in [4.69, 9.17) is 0 Å². The van der Waals surface area contributed by atoms with Crippen molar-refractivity contribution in [1.82, 2.24) is 14.5 Å². The highest BCUT2D eigenvalue weighted by molar-refractivity contribution is 4.93. The molecule has 1 N–H and O–H groups in total. The molecule has 4 nitrogen and oxygen atoms in total. The summed E-state index contributed by atoms with van der Waals surface area (Å²) in [4.78, 5) is 12.0. The van der Waals surface area contributed by atoms with Crippen LogP contribution in [0.2, 0.25) is 0 Å². The van der Waals surface area contributed by atoms with Crippen LogP contribution in [-0.4, -0.2) is 22.2 Å². The van der Waals surface area contributed by atoms with Gasteiger partial charge in [0, 0.05) is 31.0 Å². The van der Waals surface area contributed by atoms with Crippen LogP contribution in [0.25, 0.3) is 0 Å². The third-order valence-corrected chi connectivity index (χ3v) is 3.77. The van der Waals surface area contributed by atoms with Gasteiger partial charge in [0.15, 0.2) is 0 Å². The monoisotopic (exact) mass is 221 g/mol. The zero-order chi connectivity index (χ0) is 11.1. The first-order chi connectivity index (χ1) is 7.79. The van der Waals surface area contributed by atoms with Gasteiger partial charge in [-0.1, -0.05) is 0 Å². The molecule has 16 heavy (non-hydrogen) atoms. The molecule has 1 heterocycles. The largest absolute Gasteiger partial charge is 0.328 e. The van der Waals surface area contributed by atoms with Crippen molar-refractivity contribution in [3.63, 3.8) is 0 Å². The van der Waals surface area contributed by atoms with E-state index < -0.39 is 0 Å². The summed E-state index contributed by atoms with van der Waals surface area (Å²) in [5, 5.41) is 3.32. The summed E-state index contributed by atoms with van der Waals surface area (Å²) >= 11 is 0. The number of aromatic nitrogens is 2. The van der Waals surface area contributed by atoms with Crippen molar-refractivity contribution in [3.8, 4) is 0 Å². The second-order valence-electron chi connectivity index (χ2n) is 5.10. The Kier molecular flexibility index (Phi) is 2.39. The lowest BCUT2D eigenvalue weighted by Gasteiger charge is -2.15. The molecule has 1 aromatic heterocycles. The van der Waals surface area contributed by atoms with Crippen LogP contribution >= 0.6 is 0 Å². The van der Waals surface area contributed by atoms with E-state index in [-0.39, 0.29) is 5.69 Å². The van der Waals surface area contributed by atoms with Crippen LogP contribution in [0.15, 0.2) is 17.2 Å². The molecule has 1 unspecified atom stereocenters. The standard InChI is InChI=1S/C12H19N3O/c1-13-11(9-2-3-9)8-14-6-7-15(12(14)16)10-4-5-10/h6-7,9-11,13H,2-5,8H2,1H3. The van der Waals surface area contributed by atoms with Gasteiger partial charge in [-0.25, -0.2) is 4.79 Å². The van der Waals surface area contributed by atoms with Gasteiger partial charge in [-0.15, -0.1) is 0 Å². The summed E-state index contributed by atoms with van der Waals surface area (Å²) in [7, 11) is 1.99. The average Bonchev–Trinajstić information content (AvgIpc) is 3.15. The molecule has 4 heteroatoms. The van der Waals surface area contributed by atoms with E-state index in [1.54, 1.807) is 0 Å². The fraction of sp³-hybridized carbons (Fsp3) is 0.750. The fourth-order valence-electron chi connectivity index (χ4n) is 2.38. The molecule has 2 aliphatic rings. The summed E-state index contributed by atoms with van der Waals surface area (Å²) < 4.78 is 3.75. The zero-order valence-corrected chi connectivity index (χ0v) is 9.72. The molecule has 0 aromatic carbocycles. The summed E-state index contributed by atoms with van der Waals surface area (Å²) in [6, 6.07) is 0.954. The summed E-state index contributed by atoms with van der Waals surface area (Å²) in [6.07, 6.45) is 8.84. The minimum absolute atomic E-state index is 0.170. The predicted octanol–water partition coefficient (Wildman–Crippen LogP) is 0.983. The molecular weight excluding hydrogens is 202 g/mol. The highest BCUT2D eigenvalue weighted by Gasteiger charge is 2.31.